The zero-order chi connectivity index (χ0) is 20.7. The first kappa shape index (κ1) is 21.3. The average Bonchev–Trinajstić information content (AvgIpc) is 2.59. The fraction of sp³-hybridized carbons (Fsp3) is 0.300. The highest BCUT2D eigenvalue weighted by Gasteiger charge is 2.17. The van der Waals surface area contributed by atoms with Crippen LogP contribution in [-0.4, -0.2) is 38.6 Å². The third-order valence-electron chi connectivity index (χ3n) is 4.05. The largest absolute Gasteiger partial charge is 0.433 e. The van der Waals surface area contributed by atoms with E-state index in [0.717, 1.165) is 16.8 Å². The van der Waals surface area contributed by atoms with Crippen molar-refractivity contribution in [1.82, 2.24) is 0 Å². The van der Waals surface area contributed by atoms with Gasteiger partial charge in [0.1, 0.15) is 5.75 Å². The third-order valence-corrected chi connectivity index (χ3v) is 4.05. The molecule has 0 spiro atoms. The molecule has 0 aliphatic carbocycles. The predicted octanol–water partition coefficient (Wildman–Crippen LogP) is 2.00. The molecule has 6 nitrogen and oxygen atoms in total. The van der Waals surface area contributed by atoms with Crippen molar-refractivity contribution in [2.45, 2.75) is 20.5 Å². The second-order valence-electron chi connectivity index (χ2n) is 6.55. The van der Waals surface area contributed by atoms with Gasteiger partial charge in [0.25, 0.3) is 11.8 Å². The summed E-state index contributed by atoms with van der Waals surface area (Å²) in [6, 6.07) is 11.7. The van der Waals surface area contributed by atoms with Gasteiger partial charge in [0, 0.05) is 5.69 Å². The van der Waals surface area contributed by atoms with Crippen LogP contribution in [0.4, 0.5) is 20.2 Å². The Bertz CT molecular complexity index is 823. The van der Waals surface area contributed by atoms with Crippen molar-refractivity contribution in [1.29, 1.82) is 0 Å². The van der Waals surface area contributed by atoms with Crippen LogP contribution in [0.5, 0.6) is 5.75 Å². The van der Waals surface area contributed by atoms with E-state index >= 15 is 0 Å². The Morgan fingerprint density at radius 1 is 0.964 bits per heavy atom. The summed E-state index contributed by atoms with van der Waals surface area (Å²) in [4.78, 5) is 25.1. The summed E-state index contributed by atoms with van der Waals surface area (Å²) in [5.74, 6) is -0.747. The molecule has 0 heterocycles. The molecule has 0 aliphatic rings. The van der Waals surface area contributed by atoms with E-state index in [1.807, 2.05) is 32.0 Å². The Kier molecular flexibility index (Phi) is 7.45. The fourth-order valence-corrected chi connectivity index (χ4v) is 2.77. The summed E-state index contributed by atoms with van der Waals surface area (Å²) in [6.45, 7) is 0.899. The number of para-hydroxylation sites is 3. The lowest BCUT2D eigenvalue weighted by Gasteiger charge is -2.16. The van der Waals surface area contributed by atoms with Crippen LogP contribution in [0, 0.1) is 13.8 Å². The molecule has 2 aromatic rings. The van der Waals surface area contributed by atoms with Gasteiger partial charge in [-0.2, -0.15) is 8.78 Å². The number of carbonyl (C=O) groups excluding carboxylic acids is 2. The molecule has 0 radical (unpaired) electrons. The lowest BCUT2D eigenvalue weighted by Crippen LogP contribution is -3.11. The number of likely N-dealkylation sites (N-methyl/N-ethyl adjacent to an activating group) is 1. The number of amides is 2. The Morgan fingerprint density at radius 2 is 1.54 bits per heavy atom. The summed E-state index contributed by atoms with van der Waals surface area (Å²) < 4.78 is 29.3. The average molecular weight is 392 g/mol. The van der Waals surface area contributed by atoms with Gasteiger partial charge in [-0.25, -0.2) is 0 Å². The molecule has 0 bridgehead atoms. The van der Waals surface area contributed by atoms with E-state index in [4.69, 9.17) is 0 Å². The monoisotopic (exact) mass is 392 g/mol. The Morgan fingerprint density at radius 3 is 2.14 bits per heavy atom. The molecule has 1 atom stereocenters. The van der Waals surface area contributed by atoms with Crippen LogP contribution in [-0.2, 0) is 9.59 Å². The highest BCUT2D eigenvalue weighted by atomic mass is 19.3. The normalized spacial score (nSPS) is 11.8. The van der Waals surface area contributed by atoms with Crippen LogP contribution in [0.15, 0.2) is 42.5 Å². The van der Waals surface area contributed by atoms with Gasteiger partial charge in [-0.05, 0) is 37.1 Å². The van der Waals surface area contributed by atoms with Crippen LogP contribution in [0.25, 0.3) is 0 Å². The Balaban J connectivity index is 1.90. The smallest absolute Gasteiger partial charge is 0.387 e. The van der Waals surface area contributed by atoms with E-state index in [9.17, 15) is 18.4 Å². The maximum atomic E-state index is 12.4. The van der Waals surface area contributed by atoms with Gasteiger partial charge in [-0.15, -0.1) is 0 Å². The van der Waals surface area contributed by atoms with Crippen molar-refractivity contribution < 1.29 is 28.0 Å². The summed E-state index contributed by atoms with van der Waals surface area (Å²) in [6.07, 6.45) is 0. The SMILES string of the molecule is Cc1cccc(C)c1NC(=O)C[NH+](C)CC(=O)Nc1ccccc1OC(F)F. The Hall–Kier alpha value is -3.00. The molecule has 2 aromatic carbocycles. The predicted molar refractivity (Wildman–Crippen MR) is 103 cm³/mol. The first-order chi connectivity index (χ1) is 13.3. The van der Waals surface area contributed by atoms with Crippen LogP contribution in [0.1, 0.15) is 11.1 Å². The third kappa shape index (κ3) is 6.31. The maximum absolute atomic E-state index is 12.4. The van der Waals surface area contributed by atoms with Crippen LogP contribution >= 0.6 is 0 Å². The van der Waals surface area contributed by atoms with Crippen LogP contribution in [0.3, 0.4) is 0 Å². The number of halogens is 2. The number of quaternary nitrogens is 1. The van der Waals surface area contributed by atoms with E-state index in [1.165, 1.54) is 18.2 Å². The number of benzene rings is 2. The van der Waals surface area contributed by atoms with Gasteiger partial charge in [-0.3, -0.25) is 9.59 Å². The molecule has 2 amide bonds. The van der Waals surface area contributed by atoms with Gasteiger partial charge in [-0.1, -0.05) is 30.3 Å². The fourth-order valence-electron chi connectivity index (χ4n) is 2.77. The van der Waals surface area contributed by atoms with Gasteiger partial charge in [0.05, 0.1) is 12.7 Å². The minimum atomic E-state index is -2.99. The molecular formula is C20H24F2N3O3+. The highest BCUT2D eigenvalue weighted by molar-refractivity contribution is 5.94. The van der Waals surface area contributed by atoms with Gasteiger partial charge < -0.3 is 20.3 Å². The van der Waals surface area contributed by atoms with E-state index < -0.39 is 12.5 Å². The van der Waals surface area contributed by atoms with Crippen molar-refractivity contribution in [2.24, 2.45) is 0 Å². The summed E-state index contributed by atoms with van der Waals surface area (Å²) >= 11 is 0. The molecule has 1 unspecified atom stereocenters. The lowest BCUT2D eigenvalue weighted by molar-refractivity contribution is -0.862. The molecule has 0 fully saturated rings. The maximum Gasteiger partial charge on any atom is 0.387 e. The number of hydrogen-bond acceptors (Lipinski definition) is 3. The van der Waals surface area contributed by atoms with Gasteiger partial charge in [0.15, 0.2) is 13.1 Å². The minimum Gasteiger partial charge on any atom is -0.433 e. The van der Waals surface area contributed by atoms with Crippen molar-refractivity contribution >= 4 is 23.2 Å². The molecule has 0 aromatic heterocycles. The molecule has 150 valence electrons. The number of alkyl halides is 2. The summed E-state index contributed by atoms with van der Waals surface area (Å²) in [5, 5.41) is 5.41. The number of carbonyl (C=O) groups is 2. The number of rotatable bonds is 8. The van der Waals surface area contributed by atoms with E-state index in [1.54, 1.807) is 13.1 Å². The second-order valence-corrected chi connectivity index (χ2v) is 6.55. The standard InChI is InChI=1S/C20H23F2N3O3/c1-13-7-6-8-14(2)19(13)24-18(27)12-25(3)11-17(26)23-15-9-4-5-10-16(15)28-20(21)22/h4-10,20H,11-12H2,1-3H3,(H,23,26)(H,24,27)/p+1. The molecule has 0 saturated carbocycles. The zero-order valence-corrected chi connectivity index (χ0v) is 16.0. The van der Waals surface area contributed by atoms with Crippen LogP contribution < -0.4 is 20.3 Å². The number of nitrogens with one attached hydrogen (secondary N) is 3. The van der Waals surface area contributed by atoms with Crippen molar-refractivity contribution in [3.63, 3.8) is 0 Å². The number of aryl methyl sites for hydroxylation is 2. The quantitative estimate of drug-likeness (QED) is 0.644. The molecule has 0 saturated heterocycles. The highest BCUT2D eigenvalue weighted by Crippen LogP contribution is 2.25. The van der Waals surface area contributed by atoms with Crippen molar-refractivity contribution in [3.8, 4) is 5.75 Å². The minimum absolute atomic E-state index is 0.0107. The van der Waals surface area contributed by atoms with Gasteiger partial charge >= 0.3 is 6.61 Å². The first-order valence-electron chi connectivity index (χ1n) is 8.77. The molecule has 0 aliphatic heterocycles. The van der Waals surface area contributed by atoms with Crippen molar-refractivity contribution in [2.75, 3.05) is 30.8 Å². The molecule has 2 rings (SSSR count). The van der Waals surface area contributed by atoms with Crippen LogP contribution in [0.2, 0.25) is 0 Å². The van der Waals surface area contributed by atoms with Crippen molar-refractivity contribution in [3.05, 3.63) is 53.6 Å². The summed E-state index contributed by atoms with van der Waals surface area (Å²) in [7, 11) is 1.70. The number of ether oxygens (including phenoxy) is 1. The molecule has 8 heteroatoms. The molecule has 28 heavy (non-hydrogen) atoms. The Labute approximate surface area is 162 Å². The second kappa shape index (κ2) is 9.80. The van der Waals surface area contributed by atoms with E-state index in [0.29, 0.717) is 4.90 Å². The molecular weight excluding hydrogens is 368 g/mol. The number of hydrogen-bond donors (Lipinski definition) is 3. The van der Waals surface area contributed by atoms with E-state index in [-0.39, 0.29) is 30.4 Å². The lowest BCUT2D eigenvalue weighted by atomic mass is 10.1. The van der Waals surface area contributed by atoms with E-state index in [2.05, 4.69) is 15.4 Å². The summed E-state index contributed by atoms with van der Waals surface area (Å²) in [5.41, 5.74) is 2.84. The first-order valence-corrected chi connectivity index (χ1v) is 8.77. The van der Waals surface area contributed by atoms with Gasteiger partial charge in [0.2, 0.25) is 0 Å². The topological polar surface area (TPSA) is 71.9 Å². The zero-order valence-electron chi connectivity index (χ0n) is 16.0. The molecule has 3 N–H and O–H groups in total. The number of anilines is 2.